The van der Waals surface area contributed by atoms with Crippen LogP contribution in [0.15, 0.2) is 48.5 Å². The summed E-state index contributed by atoms with van der Waals surface area (Å²) >= 11 is 5.58. The SMILES string of the molecule is CCC(C(=O)c1ccc(OCCCl)cc1)c1ccc(N)cc1. The summed E-state index contributed by atoms with van der Waals surface area (Å²) in [6, 6.07) is 14.7. The number of benzene rings is 2. The molecule has 2 N–H and O–H groups in total. The molecule has 0 radical (unpaired) electrons. The zero-order valence-electron chi connectivity index (χ0n) is 12.6. The van der Waals surface area contributed by atoms with Crippen LogP contribution in [0.2, 0.25) is 0 Å². The van der Waals surface area contributed by atoms with Gasteiger partial charge in [-0.3, -0.25) is 4.79 Å². The topological polar surface area (TPSA) is 52.3 Å². The lowest BCUT2D eigenvalue weighted by atomic mass is 9.88. The van der Waals surface area contributed by atoms with Gasteiger partial charge in [0.1, 0.15) is 12.4 Å². The zero-order chi connectivity index (χ0) is 15.9. The second-order valence-electron chi connectivity index (χ2n) is 5.05. The standard InChI is InChI=1S/C18H20ClNO2/c1-2-17(13-3-7-15(20)8-4-13)18(21)14-5-9-16(10-6-14)22-12-11-19/h3-10,17H,2,11-12,20H2,1H3. The maximum absolute atomic E-state index is 12.7. The fraction of sp³-hybridized carbons (Fsp3) is 0.278. The highest BCUT2D eigenvalue weighted by Crippen LogP contribution is 2.26. The zero-order valence-corrected chi connectivity index (χ0v) is 13.3. The first-order valence-electron chi connectivity index (χ1n) is 7.34. The summed E-state index contributed by atoms with van der Waals surface area (Å²) in [6.07, 6.45) is 0.743. The Morgan fingerprint density at radius 3 is 2.32 bits per heavy atom. The molecule has 2 aromatic carbocycles. The van der Waals surface area contributed by atoms with Crippen LogP contribution >= 0.6 is 11.6 Å². The van der Waals surface area contributed by atoms with Crippen molar-refractivity contribution in [1.29, 1.82) is 0 Å². The van der Waals surface area contributed by atoms with E-state index in [4.69, 9.17) is 22.1 Å². The van der Waals surface area contributed by atoms with Gasteiger partial charge in [-0.2, -0.15) is 0 Å². The van der Waals surface area contributed by atoms with Crippen LogP contribution in [0.25, 0.3) is 0 Å². The van der Waals surface area contributed by atoms with Crippen molar-refractivity contribution in [3.05, 3.63) is 59.7 Å². The lowest BCUT2D eigenvalue weighted by Crippen LogP contribution is -2.12. The van der Waals surface area contributed by atoms with E-state index in [1.807, 2.05) is 31.2 Å². The number of ketones is 1. The molecule has 4 heteroatoms. The quantitative estimate of drug-likeness (QED) is 0.471. The molecular weight excluding hydrogens is 298 g/mol. The van der Waals surface area contributed by atoms with E-state index < -0.39 is 0 Å². The Kier molecular flexibility index (Phi) is 5.84. The molecule has 0 aliphatic heterocycles. The van der Waals surface area contributed by atoms with Gasteiger partial charge in [0.05, 0.1) is 5.88 Å². The second-order valence-corrected chi connectivity index (χ2v) is 5.43. The van der Waals surface area contributed by atoms with Gasteiger partial charge in [0.15, 0.2) is 5.78 Å². The lowest BCUT2D eigenvalue weighted by molar-refractivity contribution is 0.0957. The van der Waals surface area contributed by atoms with Gasteiger partial charge in [0.2, 0.25) is 0 Å². The highest BCUT2D eigenvalue weighted by atomic mass is 35.5. The molecule has 22 heavy (non-hydrogen) atoms. The Hall–Kier alpha value is -2.00. The number of carbonyl (C=O) groups is 1. The third-order valence-corrected chi connectivity index (χ3v) is 3.70. The van der Waals surface area contributed by atoms with Gasteiger partial charge in [0.25, 0.3) is 0 Å². The van der Waals surface area contributed by atoms with Crippen molar-refractivity contribution in [1.82, 2.24) is 0 Å². The Morgan fingerprint density at radius 1 is 1.14 bits per heavy atom. The number of hydrogen-bond donors (Lipinski definition) is 1. The molecule has 0 saturated carbocycles. The van der Waals surface area contributed by atoms with Crippen molar-refractivity contribution in [2.75, 3.05) is 18.2 Å². The number of carbonyl (C=O) groups excluding carboxylic acids is 1. The molecule has 116 valence electrons. The first-order chi connectivity index (χ1) is 10.7. The summed E-state index contributed by atoms with van der Waals surface area (Å²) in [5, 5.41) is 0. The average Bonchev–Trinajstić information content (AvgIpc) is 2.55. The number of nitrogens with two attached hydrogens (primary N) is 1. The fourth-order valence-electron chi connectivity index (χ4n) is 2.37. The first kappa shape index (κ1) is 16.4. The molecule has 0 fully saturated rings. The highest BCUT2D eigenvalue weighted by Gasteiger charge is 2.20. The van der Waals surface area contributed by atoms with E-state index in [0.717, 1.165) is 17.7 Å². The number of halogens is 1. The molecule has 0 aliphatic rings. The van der Waals surface area contributed by atoms with Crippen LogP contribution in [0.1, 0.15) is 35.2 Å². The normalized spacial score (nSPS) is 11.9. The minimum atomic E-state index is -0.157. The van der Waals surface area contributed by atoms with Crippen LogP contribution in [-0.2, 0) is 0 Å². The van der Waals surface area contributed by atoms with Crippen LogP contribution in [0.4, 0.5) is 5.69 Å². The molecule has 0 aliphatic carbocycles. The summed E-state index contributed by atoms with van der Waals surface area (Å²) in [6.45, 7) is 2.47. The van der Waals surface area contributed by atoms with Crippen LogP contribution in [0.5, 0.6) is 5.75 Å². The number of hydrogen-bond acceptors (Lipinski definition) is 3. The minimum Gasteiger partial charge on any atom is -0.492 e. The molecule has 0 heterocycles. The summed E-state index contributed by atoms with van der Waals surface area (Å²) in [7, 11) is 0. The number of Topliss-reactive ketones (excluding diaryl/α,β-unsaturated/α-hetero) is 1. The number of nitrogen functional groups attached to an aromatic ring is 1. The predicted molar refractivity (Wildman–Crippen MR) is 90.9 cm³/mol. The van der Waals surface area contributed by atoms with Gasteiger partial charge in [-0.05, 0) is 48.4 Å². The average molecular weight is 318 g/mol. The summed E-state index contributed by atoms with van der Waals surface area (Å²) in [5.74, 6) is 1.11. The van der Waals surface area contributed by atoms with E-state index in [1.165, 1.54) is 0 Å². The molecule has 0 saturated heterocycles. The molecule has 0 amide bonds. The van der Waals surface area contributed by atoms with E-state index >= 15 is 0 Å². The van der Waals surface area contributed by atoms with Gasteiger partial charge in [-0.25, -0.2) is 0 Å². The molecule has 3 nitrogen and oxygen atoms in total. The van der Waals surface area contributed by atoms with Crippen LogP contribution < -0.4 is 10.5 Å². The maximum atomic E-state index is 12.7. The van der Waals surface area contributed by atoms with E-state index in [2.05, 4.69) is 0 Å². The monoisotopic (exact) mass is 317 g/mol. The Morgan fingerprint density at radius 2 is 1.77 bits per heavy atom. The summed E-state index contributed by atoms with van der Waals surface area (Å²) in [5.41, 5.74) is 8.08. The lowest BCUT2D eigenvalue weighted by Gasteiger charge is -2.15. The molecule has 1 atom stereocenters. The highest BCUT2D eigenvalue weighted by molar-refractivity contribution is 6.18. The third-order valence-electron chi connectivity index (χ3n) is 3.55. The Balaban J connectivity index is 2.15. The van der Waals surface area contributed by atoms with E-state index in [0.29, 0.717) is 23.7 Å². The molecule has 2 aromatic rings. The molecule has 0 spiro atoms. The Bertz CT molecular complexity index is 608. The number of anilines is 1. The number of alkyl halides is 1. The van der Waals surface area contributed by atoms with Crippen molar-refractivity contribution in [3.8, 4) is 5.75 Å². The largest absolute Gasteiger partial charge is 0.492 e. The molecule has 0 bridgehead atoms. The molecule has 1 unspecified atom stereocenters. The number of ether oxygens (including phenoxy) is 1. The summed E-state index contributed by atoms with van der Waals surface area (Å²) in [4.78, 5) is 12.7. The van der Waals surface area contributed by atoms with Gasteiger partial charge in [-0.15, -0.1) is 11.6 Å². The van der Waals surface area contributed by atoms with E-state index in [-0.39, 0.29) is 11.7 Å². The number of rotatable bonds is 7. The maximum Gasteiger partial charge on any atom is 0.170 e. The fourth-order valence-corrected chi connectivity index (χ4v) is 2.45. The van der Waals surface area contributed by atoms with Gasteiger partial charge < -0.3 is 10.5 Å². The third kappa shape index (κ3) is 4.01. The molecular formula is C18H20ClNO2. The van der Waals surface area contributed by atoms with Crippen LogP contribution in [0, 0.1) is 0 Å². The summed E-state index contributed by atoms with van der Waals surface area (Å²) < 4.78 is 5.42. The smallest absolute Gasteiger partial charge is 0.170 e. The second kappa shape index (κ2) is 7.85. The van der Waals surface area contributed by atoms with Gasteiger partial charge in [-0.1, -0.05) is 19.1 Å². The minimum absolute atomic E-state index is 0.108. The van der Waals surface area contributed by atoms with Crippen LogP contribution in [0.3, 0.4) is 0 Å². The molecule has 0 aromatic heterocycles. The van der Waals surface area contributed by atoms with Crippen molar-refractivity contribution in [2.24, 2.45) is 0 Å². The predicted octanol–water partition coefficient (Wildman–Crippen LogP) is 4.26. The van der Waals surface area contributed by atoms with E-state index in [1.54, 1.807) is 24.3 Å². The van der Waals surface area contributed by atoms with Crippen molar-refractivity contribution >= 4 is 23.1 Å². The molecule has 2 rings (SSSR count). The van der Waals surface area contributed by atoms with Crippen molar-refractivity contribution in [2.45, 2.75) is 19.3 Å². The first-order valence-corrected chi connectivity index (χ1v) is 7.87. The van der Waals surface area contributed by atoms with Crippen molar-refractivity contribution in [3.63, 3.8) is 0 Å². The van der Waals surface area contributed by atoms with Crippen LogP contribution in [-0.4, -0.2) is 18.3 Å². The van der Waals surface area contributed by atoms with Crippen molar-refractivity contribution < 1.29 is 9.53 Å². The van der Waals surface area contributed by atoms with Gasteiger partial charge in [0, 0.05) is 17.2 Å². The van der Waals surface area contributed by atoms with Gasteiger partial charge >= 0.3 is 0 Å². The Labute approximate surface area is 136 Å². The van der Waals surface area contributed by atoms with E-state index in [9.17, 15) is 4.79 Å².